The molecule has 7 nitrogen and oxygen atoms in total. The Hall–Kier alpha value is -2.41. The second kappa shape index (κ2) is 8.53. The average Bonchev–Trinajstić information content (AvgIpc) is 2.75. The van der Waals surface area contributed by atoms with Gasteiger partial charge in [0.05, 0.1) is 24.1 Å². The summed E-state index contributed by atoms with van der Waals surface area (Å²) < 4.78 is 0. The van der Waals surface area contributed by atoms with Gasteiger partial charge in [0.1, 0.15) is 5.82 Å². The molecule has 4 rings (SSSR count). The van der Waals surface area contributed by atoms with Crippen LogP contribution in [-0.2, 0) is 24.3 Å². The van der Waals surface area contributed by atoms with Gasteiger partial charge in [-0.25, -0.2) is 9.97 Å². The van der Waals surface area contributed by atoms with E-state index in [-0.39, 0.29) is 11.3 Å². The van der Waals surface area contributed by atoms with Gasteiger partial charge in [0.25, 0.3) is 0 Å². The number of aromatic nitrogens is 4. The van der Waals surface area contributed by atoms with Crippen molar-refractivity contribution in [2.45, 2.75) is 59.0 Å². The molecule has 0 N–H and O–H groups in total. The summed E-state index contributed by atoms with van der Waals surface area (Å²) in [5, 5.41) is 0. The molecular formula is C22H30N6O. The number of amides is 1. The molecular weight excluding hydrogens is 364 g/mol. The van der Waals surface area contributed by atoms with Gasteiger partial charge < -0.3 is 4.90 Å². The zero-order valence-electron chi connectivity index (χ0n) is 17.5. The maximum Gasteiger partial charge on any atom is 0.222 e. The lowest BCUT2D eigenvalue weighted by molar-refractivity contribution is -0.140. The normalized spacial score (nSPS) is 19.7. The SMILES string of the molecule is CCc1ncc(CN2CCC3(CCC(=O)N(Cc4cnc(C)cn4)C3)CC2)cn1. The van der Waals surface area contributed by atoms with Crippen molar-refractivity contribution in [1.82, 2.24) is 29.7 Å². The van der Waals surface area contributed by atoms with E-state index in [1.54, 1.807) is 12.4 Å². The fraction of sp³-hybridized carbons (Fsp3) is 0.591. The Morgan fingerprint density at radius 1 is 0.966 bits per heavy atom. The van der Waals surface area contributed by atoms with Gasteiger partial charge in [0.2, 0.25) is 5.91 Å². The molecule has 2 aromatic rings. The van der Waals surface area contributed by atoms with Crippen molar-refractivity contribution in [1.29, 1.82) is 0 Å². The minimum absolute atomic E-state index is 0.241. The van der Waals surface area contributed by atoms with Crippen LogP contribution in [0.4, 0.5) is 0 Å². The summed E-state index contributed by atoms with van der Waals surface area (Å²) in [4.78, 5) is 34.6. The van der Waals surface area contributed by atoms with E-state index in [1.807, 2.05) is 24.2 Å². The molecule has 2 aromatic heterocycles. The van der Waals surface area contributed by atoms with Crippen LogP contribution in [0.25, 0.3) is 0 Å². The number of hydrogen-bond acceptors (Lipinski definition) is 6. The fourth-order valence-corrected chi connectivity index (χ4v) is 4.44. The predicted molar refractivity (Wildman–Crippen MR) is 110 cm³/mol. The first kappa shape index (κ1) is 19.9. The molecule has 0 saturated carbocycles. The van der Waals surface area contributed by atoms with Gasteiger partial charge in [-0.05, 0) is 44.7 Å². The summed E-state index contributed by atoms with van der Waals surface area (Å²) in [6.45, 7) is 8.42. The molecule has 2 aliphatic heterocycles. The van der Waals surface area contributed by atoms with Crippen LogP contribution in [0, 0.1) is 12.3 Å². The predicted octanol–water partition coefficient (Wildman–Crippen LogP) is 2.54. The van der Waals surface area contributed by atoms with E-state index in [1.165, 1.54) is 5.56 Å². The lowest BCUT2D eigenvalue weighted by Gasteiger charge is -2.47. The number of carbonyl (C=O) groups is 1. The minimum atomic E-state index is 0.241. The molecule has 0 atom stereocenters. The van der Waals surface area contributed by atoms with Crippen molar-refractivity contribution in [2.75, 3.05) is 19.6 Å². The number of likely N-dealkylation sites (tertiary alicyclic amines) is 2. The van der Waals surface area contributed by atoms with Crippen LogP contribution in [-0.4, -0.2) is 55.3 Å². The van der Waals surface area contributed by atoms with Crippen molar-refractivity contribution in [3.8, 4) is 0 Å². The standard InChI is InChI=1S/C22H30N6O/c1-3-20-25-11-18(12-26-20)14-27-8-6-22(7-9-27)5-4-21(29)28(16-22)15-19-13-23-17(2)10-24-19/h10-13H,3-9,14-16H2,1-2H3. The topological polar surface area (TPSA) is 75.1 Å². The Morgan fingerprint density at radius 2 is 1.72 bits per heavy atom. The molecule has 2 saturated heterocycles. The van der Waals surface area contributed by atoms with Crippen molar-refractivity contribution in [2.24, 2.45) is 5.41 Å². The van der Waals surface area contributed by atoms with Crippen molar-refractivity contribution in [3.63, 3.8) is 0 Å². The van der Waals surface area contributed by atoms with Crippen LogP contribution in [0.3, 0.4) is 0 Å². The van der Waals surface area contributed by atoms with E-state index in [0.717, 1.165) is 69.1 Å². The highest BCUT2D eigenvalue weighted by molar-refractivity contribution is 5.77. The van der Waals surface area contributed by atoms with Crippen LogP contribution in [0.2, 0.25) is 0 Å². The second-order valence-corrected chi connectivity index (χ2v) is 8.54. The van der Waals surface area contributed by atoms with Crippen LogP contribution >= 0.6 is 0 Å². The van der Waals surface area contributed by atoms with Crippen LogP contribution < -0.4 is 0 Å². The molecule has 2 aliphatic rings. The summed E-state index contributed by atoms with van der Waals surface area (Å²) in [7, 11) is 0. The van der Waals surface area contributed by atoms with Gasteiger partial charge in [-0.15, -0.1) is 0 Å². The van der Waals surface area contributed by atoms with Gasteiger partial charge in [0, 0.05) is 50.1 Å². The zero-order valence-corrected chi connectivity index (χ0v) is 17.5. The van der Waals surface area contributed by atoms with Crippen LogP contribution in [0.15, 0.2) is 24.8 Å². The van der Waals surface area contributed by atoms with Crippen molar-refractivity contribution in [3.05, 3.63) is 47.6 Å². The number of nitrogens with zero attached hydrogens (tertiary/aromatic N) is 6. The number of rotatable bonds is 5. The molecule has 1 amide bonds. The third-order valence-electron chi connectivity index (χ3n) is 6.33. The molecule has 0 unspecified atom stereocenters. The first-order valence-corrected chi connectivity index (χ1v) is 10.6. The summed E-state index contributed by atoms with van der Waals surface area (Å²) in [6, 6.07) is 0. The van der Waals surface area contributed by atoms with E-state index in [4.69, 9.17) is 0 Å². The van der Waals surface area contributed by atoms with Gasteiger partial charge >= 0.3 is 0 Å². The Balaban J connectivity index is 1.34. The summed E-state index contributed by atoms with van der Waals surface area (Å²) in [5.74, 6) is 1.14. The molecule has 154 valence electrons. The lowest BCUT2D eigenvalue weighted by Crippen LogP contribution is -2.51. The highest BCUT2D eigenvalue weighted by Crippen LogP contribution is 2.40. The summed E-state index contributed by atoms with van der Waals surface area (Å²) >= 11 is 0. The first-order chi connectivity index (χ1) is 14.0. The Kier molecular flexibility index (Phi) is 5.85. The maximum absolute atomic E-state index is 12.5. The fourth-order valence-electron chi connectivity index (χ4n) is 4.44. The number of piperidine rings is 2. The Morgan fingerprint density at radius 3 is 2.38 bits per heavy atom. The number of aryl methyl sites for hydroxylation is 2. The molecule has 0 aliphatic carbocycles. The Labute approximate surface area is 172 Å². The lowest BCUT2D eigenvalue weighted by atomic mass is 9.72. The third kappa shape index (κ3) is 4.78. The number of carbonyl (C=O) groups excluding carboxylic acids is 1. The molecule has 29 heavy (non-hydrogen) atoms. The first-order valence-electron chi connectivity index (χ1n) is 10.6. The van der Waals surface area contributed by atoms with Crippen LogP contribution in [0.5, 0.6) is 0 Å². The van der Waals surface area contributed by atoms with Crippen molar-refractivity contribution >= 4 is 5.91 Å². The molecule has 0 aromatic carbocycles. The highest BCUT2D eigenvalue weighted by atomic mass is 16.2. The van der Waals surface area contributed by atoms with Crippen molar-refractivity contribution < 1.29 is 4.79 Å². The summed E-state index contributed by atoms with van der Waals surface area (Å²) in [5.41, 5.74) is 3.19. The summed E-state index contributed by atoms with van der Waals surface area (Å²) in [6.07, 6.45) is 12.3. The average molecular weight is 395 g/mol. The molecule has 7 heteroatoms. The molecule has 0 radical (unpaired) electrons. The largest absolute Gasteiger partial charge is 0.336 e. The second-order valence-electron chi connectivity index (χ2n) is 8.54. The molecule has 2 fully saturated rings. The van der Waals surface area contributed by atoms with Gasteiger partial charge in [0.15, 0.2) is 0 Å². The maximum atomic E-state index is 12.5. The zero-order chi connectivity index (χ0) is 20.3. The monoisotopic (exact) mass is 394 g/mol. The van der Waals surface area contributed by atoms with E-state index in [9.17, 15) is 4.79 Å². The quantitative estimate of drug-likeness (QED) is 0.776. The van der Waals surface area contributed by atoms with Crippen LogP contribution in [0.1, 0.15) is 55.4 Å². The van der Waals surface area contributed by atoms with Gasteiger partial charge in [-0.3, -0.25) is 19.7 Å². The smallest absolute Gasteiger partial charge is 0.222 e. The Bertz CT molecular complexity index is 827. The van der Waals surface area contributed by atoms with E-state index in [2.05, 4.69) is 31.8 Å². The highest BCUT2D eigenvalue weighted by Gasteiger charge is 2.41. The molecule has 1 spiro atoms. The van der Waals surface area contributed by atoms with E-state index < -0.39 is 0 Å². The van der Waals surface area contributed by atoms with Gasteiger partial charge in [-0.2, -0.15) is 0 Å². The van der Waals surface area contributed by atoms with Gasteiger partial charge in [-0.1, -0.05) is 6.92 Å². The van der Waals surface area contributed by atoms with E-state index >= 15 is 0 Å². The number of hydrogen-bond donors (Lipinski definition) is 0. The van der Waals surface area contributed by atoms with E-state index in [0.29, 0.717) is 13.0 Å². The third-order valence-corrected chi connectivity index (χ3v) is 6.33. The minimum Gasteiger partial charge on any atom is -0.336 e. The molecule has 0 bridgehead atoms. The molecule has 4 heterocycles.